The lowest BCUT2D eigenvalue weighted by Gasteiger charge is -2.18. The Kier molecular flexibility index (Phi) is 5.85. The minimum absolute atomic E-state index is 0.141. The van der Waals surface area contributed by atoms with Gasteiger partial charge < -0.3 is 19.4 Å². The number of fused-ring (bicyclic) bond motifs is 3. The standard InChI is InChI=1S/C21H28N2O4/c1-13-11-17(26-14(2)20(24)22-9-6-10-23(3)4)19-15-7-5-8-16(15)21(25)27-18(19)12-13/h11-12,14H,5-10H2,1-4H3,(H,22,24)/t14-/m1/s1. The summed E-state index contributed by atoms with van der Waals surface area (Å²) < 4.78 is 11.6. The second-order valence-corrected chi connectivity index (χ2v) is 7.54. The topological polar surface area (TPSA) is 71.8 Å². The molecule has 0 saturated heterocycles. The molecule has 27 heavy (non-hydrogen) atoms. The van der Waals surface area contributed by atoms with Gasteiger partial charge in [0.05, 0.1) is 5.39 Å². The summed E-state index contributed by atoms with van der Waals surface area (Å²) in [5, 5.41) is 3.75. The molecule has 1 N–H and O–H groups in total. The van der Waals surface area contributed by atoms with Crippen molar-refractivity contribution in [2.45, 2.75) is 45.6 Å². The van der Waals surface area contributed by atoms with Crippen molar-refractivity contribution < 1.29 is 13.9 Å². The lowest BCUT2D eigenvalue weighted by molar-refractivity contribution is -0.127. The van der Waals surface area contributed by atoms with Crippen LogP contribution < -0.4 is 15.7 Å². The Morgan fingerprint density at radius 3 is 2.78 bits per heavy atom. The molecule has 6 heteroatoms. The minimum atomic E-state index is -0.627. The molecule has 6 nitrogen and oxygen atoms in total. The Bertz CT molecular complexity index is 901. The predicted octanol–water partition coefficient (Wildman–Crippen LogP) is 2.43. The summed E-state index contributed by atoms with van der Waals surface area (Å²) in [6, 6.07) is 3.77. The zero-order valence-corrected chi connectivity index (χ0v) is 16.6. The highest BCUT2D eigenvalue weighted by Crippen LogP contribution is 2.35. The molecular formula is C21H28N2O4. The highest BCUT2D eigenvalue weighted by atomic mass is 16.5. The zero-order chi connectivity index (χ0) is 19.6. The summed E-state index contributed by atoms with van der Waals surface area (Å²) >= 11 is 0. The van der Waals surface area contributed by atoms with E-state index in [1.54, 1.807) is 6.92 Å². The maximum Gasteiger partial charge on any atom is 0.339 e. The van der Waals surface area contributed by atoms with E-state index in [9.17, 15) is 9.59 Å². The molecule has 0 aliphatic heterocycles. The van der Waals surface area contributed by atoms with Crippen LogP contribution in [0.4, 0.5) is 0 Å². The van der Waals surface area contributed by atoms with Gasteiger partial charge in [-0.05, 0) is 83.4 Å². The molecule has 0 unspecified atom stereocenters. The van der Waals surface area contributed by atoms with E-state index in [-0.39, 0.29) is 11.5 Å². The molecule has 1 atom stereocenters. The second kappa shape index (κ2) is 8.13. The Morgan fingerprint density at radius 2 is 2.04 bits per heavy atom. The van der Waals surface area contributed by atoms with Crippen LogP contribution in [0.15, 0.2) is 21.3 Å². The van der Waals surface area contributed by atoms with Crippen molar-refractivity contribution in [3.63, 3.8) is 0 Å². The van der Waals surface area contributed by atoms with E-state index in [0.717, 1.165) is 54.3 Å². The van der Waals surface area contributed by atoms with E-state index in [0.29, 0.717) is 17.9 Å². The van der Waals surface area contributed by atoms with Gasteiger partial charge in [-0.25, -0.2) is 4.79 Å². The molecule has 1 aromatic heterocycles. The van der Waals surface area contributed by atoms with Crippen molar-refractivity contribution in [3.8, 4) is 5.75 Å². The van der Waals surface area contributed by atoms with Crippen molar-refractivity contribution >= 4 is 16.9 Å². The number of nitrogens with zero attached hydrogens (tertiary/aromatic N) is 1. The van der Waals surface area contributed by atoms with E-state index >= 15 is 0 Å². The number of carbonyl (C=O) groups excluding carboxylic acids is 1. The number of aryl methyl sites for hydroxylation is 2. The third kappa shape index (κ3) is 4.33. The molecule has 1 aliphatic carbocycles. The van der Waals surface area contributed by atoms with Crippen molar-refractivity contribution in [1.82, 2.24) is 10.2 Å². The SMILES string of the molecule is Cc1cc(O[C@H](C)C(=O)NCCCN(C)C)c2c3c(c(=O)oc2c1)CCC3. The number of rotatable bonds is 7. The Hall–Kier alpha value is -2.34. The van der Waals surface area contributed by atoms with Crippen LogP contribution in [0.5, 0.6) is 5.75 Å². The van der Waals surface area contributed by atoms with Crippen LogP contribution in [0.1, 0.15) is 36.5 Å². The molecule has 1 aromatic carbocycles. The normalized spacial score (nSPS) is 14.4. The fourth-order valence-electron chi connectivity index (χ4n) is 3.59. The Morgan fingerprint density at radius 1 is 1.30 bits per heavy atom. The minimum Gasteiger partial charge on any atom is -0.480 e. The van der Waals surface area contributed by atoms with Crippen LogP contribution >= 0.6 is 0 Å². The first kappa shape index (κ1) is 19.4. The van der Waals surface area contributed by atoms with E-state index in [1.807, 2.05) is 33.2 Å². The maximum absolute atomic E-state index is 12.4. The van der Waals surface area contributed by atoms with Gasteiger partial charge >= 0.3 is 5.63 Å². The number of amides is 1. The largest absolute Gasteiger partial charge is 0.480 e. The average molecular weight is 372 g/mol. The van der Waals surface area contributed by atoms with Gasteiger partial charge in [0.1, 0.15) is 11.3 Å². The first-order chi connectivity index (χ1) is 12.9. The molecule has 0 saturated carbocycles. The van der Waals surface area contributed by atoms with Crippen molar-refractivity contribution in [2.24, 2.45) is 0 Å². The number of hydrogen-bond donors (Lipinski definition) is 1. The van der Waals surface area contributed by atoms with Crippen LogP contribution in [0.25, 0.3) is 11.0 Å². The van der Waals surface area contributed by atoms with E-state index in [2.05, 4.69) is 10.2 Å². The lowest BCUT2D eigenvalue weighted by Crippen LogP contribution is -2.37. The summed E-state index contributed by atoms with van der Waals surface area (Å²) in [7, 11) is 4.01. The van der Waals surface area contributed by atoms with Crippen LogP contribution in [0, 0.1) is 6.92 Å². The molecule has 3 rings (SSSR count). The van der Waals surface area contributed by atoms with Crippen molar-refractivity contribution in [2.75, 3.05) is 27.2 Å². The van der Waals surface area contributed by atoms with Gasteiger partial charge in [0.15, 0.2) is 6.10 Å². The molecule has 0 radical (unpaired) electrons. The van der Waals surface area contributed by atoms with Crippen LogP contribution in [-0.2, 0) is 17.6 Å². The lowest BCUT2D eigenvalue weighted by atomic mass is 10.0. The highest BCUT2D eigenvalue weighted by molar-refractivity contribution is 5.89. The summed E-state index contributed by atoms with van der Waals surface area (Å²) in [4.78, 5) is 26.7. The maximum atomic E-state index is 12.4. The Balaban J connectivity index is 1.81. The monoisotopic (exact) mass is 372 g/mol. The van der Waals surface area contributed by atoms with Gasteiger partial charge in [0.25, 0.3) is 5.91 Å². The third-order valence-electron chi connectivity index (χ3n) is 4.93. The fourth-order valence-corrected chi connectivity index (χ4v) is 3.59. The number of nitrogens with one attached hydrogen (secondary N) is 1. The summed E-state index contributed by atoms with van der Waals surface area (Å²) in [6.45, 7) is 5.20. The van der Waals surface area contributed by atoms with Gasteiger partial charge in [-0.3, -0.25) is 4.79 Å². The van der Waals surface area contributed by atoms with Gasteiger partial charge in [-0.15, -0.1) is 0 Å². The molecule has 0 fully saturated rings. The van der Waals surface area contributed by atoms with Crippen LogP contribution in [0.2, 0.25) is 0 Å². The Labute approximate surface area is 159 Å². The molecule has 1 heterocycles. The van der Waals surface area contributed by atoms with Gasteiger partial charge in [-0.2, -0.15) is 0 Å². The van der Waals surface area contributed by atoms with E-state index < -0.39 is 6.10 Å². The summed E-state index contributed by atoms with van der Waals surface area (Å²) in [5.41, 5.74) is 2.97. The third-order valence-corrected chi connectivity index (χ3v) is 4.93. The number of hydrogen-bond acceptors (Lipinski definition) is 5. The second-order valence-electron chi connectivity index (χ2n) is 7.54. The molecule has 1 amide bonds. The molecule has 0 bridgehead atoms. The molecule has 146 valence electrons. The first-order valence-electron chi connectivity index (χ1n) is 9.55. The molecule has 1 aliphatic rings. The number of carbonyl (C=O) groups is 1. The number of ether oxygens (including phenoxy) is 1. The van der Waals surface area contributed by atoms with E-state index in [4.69, 9.17) is 9.15 Å². The molecule has 2 aromatic rings. The summed E-state index contributed by atoms with van der Waals surface area (Å²) in [6.07, 6.45) is 2.77. The van der Waals surface area contributed by atoms with Gasteiger partial charge in [0.2, 0.25) is 0 Å². The quantitative estimate of drug-likeness (QED) is 0.597. The van der Waals surface area contributed by atoms with Crippen LogP contribution in [-0.4, -0.2) is 44.1 Å². The van der Waals surface area contributed by atoms with Crippen molar-refractivity contribution in [3.05, 3.63) is 39.2 Å². The predicted molar refractivity (Wildman–Crippen MR) is 106 cm³/mol. The van der Waals surface area contributed by atoms with Gasteiger partial charge in [0, 0.05) is 12.1 Å². The zero-order valence-electron chi connectivity index (χ0n) is 16.6. The van der Waals surface area contributed by atoms with Crippen molar-refractivity contribution in [1.29, 1.82) is 0 Å². The molecule has 0 spiro atoms. The smallest absolute Gasteiger partial charge is 0.339 e. The average Bonchev–Trinajstić information content (AvgIpc) is 3.08. The fraction of sp³-hybridized carbons (Fsp3) is 0.524. The highest BCUT2D eigenvalue weighted by Gasteiger charge is 2.24. The van der Waals surface area contributed by atoms with Gasteiger partial charge in [-0.1, -0.05) is 0 Å². The number of benzene rings is 1. The van der Waals surface area contributed by atoms with E-state index in [1.165, 1.54) is 0 Å². The summed E-state index contributed by atoms with van der Waals surface area (Å²) in [5.74, 6) is 0.472. The first-order valence-corrected chi connectivity index (χ1v) is 9.55. The van der Waals surface area contributed by atoms with Crippen LogP contribution in [0.3, 0.4) is 0 Å². The molecular weight excluding hydrogens is 344 g/mol.